The lowest BCUT2D eigenvalue weighted by molar-refractivity contribution is 0.0443. The van der Waals surface area contributed by atoms with Crippen molar-refractivity contribution in [3.63, 3.8) is 0 Å². The summed E-state index contributed by atoms with van der Waals surface area (Å²) in [7, 11) is 0. The van der Waals surface area contributed by atoms with Crippen molar-refractivity contribution in [1.29, 1.82) is 0 Å². The Morgan fingerprint density at radius 2 is 1.96 bits per heavy atom. The number of aromatic hydroxyl groups is 1. The van der Waals surface area contributed by atoms with Crippen LogP contribution < -0.4 is 4.74 Å². The van der Waals surface area contributed by atoms with E-state index >= 15 is 0 Å². The molecule has 0 saturated carbocycles. The summed E-state index contributed by atoms with van der Waals surface area (Å²) in [6.07, 6.45) is -1.10. The molecule has 2 aromatic carbocycles. The van der Waals surface area contributed by atoms with Gasteiger partial charge in [-0.3, -0.25) is 0 Å². The minimum absolute atomic E-state index is 0.0875. The van der Waals surface area contributed by atoms with Crippen LogP contribution in [0.5, 0.6) is 11.5 Å². The van der Waals surface area contributed by atoms with Crippen LogP contribution in [0.2, 0.25) is 5.02 Å². The number of fused-ring (bicyclic) bond motifs is 4. The van der Waals surface area contributed by atoms with E-state index in [0.717, 1.165) is 0 Å². The van der Waals surface area contributed by atoms with E-state index in [2.05, 4.69) is 0 Å². The van der Waals surface area contributed by atoms with Gasteiger partial charge in [-0.15, -0.1) is 0 Å². The van der Waals surface area contributed by atoms with Crippen LogP contribution in [0.1, 0.15) is 43.5 Å². The van der Waals surface area contributed by atoms with Crippen molar-refractivity contribution in [2.24, 2.45) is 0 Å². The maximum absolute atomic E-state index is 12.3. The summed E-state index contributed by atoms with van der Waals surface area (Å²) in [5.41, 5.74) is 0.222. The summed E-state index contributed by atoms with van der Waals surface area (Å²) >= 11 is 6.33. The first-order valence-electron chi connectivity index (χ1n) is 7.51. The van der Waals surface area contributed by atoms with Gasteiger partial charge in [0.25, 0.3) is 0 Å². The molecule has 2 aliphatic heterocycles. The topological polar surface area (TPSA) is 113 Å². The molecule has 4 rings (SSSR count). The molecule has 0 aromatic heterocycles. The Bertz CT molecular complexity index is 1040. The highest BCUT2D eigenvalue weighted by Gasteiger charge is 2.44. The number of carbonyl (C=O) groups is 2. The van der Waals surface area contributed by atoms with Crippen LogP contribution in [0, 0.1) is 6.92 Å². The van der Waals surface area contributed by atoms with E-state index in [0.29, 0.717) is 5.56 Å². The molecular formula is C18H11ClO7. The van der Waals surface area contributed by atoms with Gasteiger partial charge in [-0.1, -0.05) is 17.7 Å². The van der Waals surface area contributed by atoms with Crippen LogP contribution in [-0.4, -0.2) is 27.3 Å². The van der Waals surface area contributed by atoms with E-state index < -0.39 is 23.8 Å². The van der Waals surface area contributed by atoms with E-state index in [1.807, 2.05) is 0 Å². The molecule has 7 nitrogen and oxygen atoms in total. The third kappa shape index (κ3) is 2.07. The largest absolute Gasteiger partial charge is 0.507 e. The molecule has 8 heteroatoms. The van der Waals surface area contributed by atoms with Gasteiger partial charge in [0.1, 0.15) is 17.1 Å². The maximum Gasteiger partial charge on any atom is 0.347 e. The molecule has 0 saturated heterocycles. The van der Waals surface area contributed by atoms with Crippen molar-refractivity contribution in [2.45, 2.75) is 13.0 Å². The fourth-order valence-corrected chi connectivity index (χ4v) is 3.43. The first-order chi connectivity index (χ1) is 12.3. The predicted molar refractivity (Wildman–Crippen MR) is 89.6 cm³/mol. The van der Waals surface area contributed by atoms with Gasteiger partial charge in [0.05, 0.1) is 16.1 Å². The van der Waals surface area contributed by atoms with Crippen LogP contribution in [0.25, 0.3) is 5.76 Å². The number of aliphatic hydroxyl groups is 1. The number of halogens is 1. The van der Waals surface area contributed by atoms with E-state index in [1.54, 1.807) is 6.92 Å². The van der Waals surface area contributed by atoms with Gasteiger partial charge in [-0.05, 0) is 30.7 Å². The number of phenolic OH excluding ortho intramolecular Hbond substituents is 1. The highest BCUT2D eigenvalue weighted by atomic mass is 35.5. The average Bonchev–Trinajstić information content (AvgIpc) is 2.59. The number of hydrogen-bond donors (Lipinski definition) is 3. The number of rotatable bonds is 1. The molecule has 26 heavy (non-hydrogen) atoms. The number of carboxylic acids is 1. The highest BCUT2D eigenvalue weighted by Crippen LogP contribution is 2.50. The smallest absolute Gasteiger partial charge is 0.347 e. The second-order valence-corrected chi connectivity index (χ2v) is 6.28. The van der Waals surface area contributed by atoms with Gasteiger partial charge < -0.3 is 24.8 Å². The monoisotopic (exact) mass is 374 g/mol. The fourth-order valence-electron chi connectivity index (χ4n) is 3.18. The highest BCUT2D eigenvalue weighted by molar-refractivity contribution is 6.33. The van der Waals surface area contributed by atoms with Gasteiger partial charge in [0.2, 0.25) is 0 Å². The van der Waals surface area contributed by atoms with E-state index in [-0.39, 0.29) is 44.5 Å². The van der Waals surface area contributed by atoms with Gasteiger partial charge in [-0.2, -0.15) is 0 Å². The lowest BCUT2D eigenvalue weighted by Gasteiger charge is -2.33. The molecule has 0 bridgehead atoms. The number of carbonyl (C=O) groups excluding carboxylic acids is 1. The normalized spacial score (nSPS) is 17.6. The Hall–Kier alpha value is -3.19. The van der Waals surface area contributed by atoms with Crippen molar-refractivity contribution in [1.82, 2.24) is 0 Å². The quantitative estimate of drug-likeness (QED) is 0.653. The molecule has 0 unspecified atom stereocenters. The molecule has 0 amide bonds. The summed E-state index contributed by atoms with van der Waals surface area (Å²) in [6, 6.07) is 5.57. The van der Waals surface area contributed by atoms with Gasteiger partial charge in [0, 0.05) is 5.56 Å². The SMILES string of the molecule is Cc1cc(O)c2c(c1Cl)[C@@H]1Oc3cccc(C(=O)O)c3C(O)=C1OC2=O. The number of benzene rings is 2. The summed E-state index contributed by atoms with van der Waals surface area (Å²) in [5.74, 6) is -3.21. The minimum atomic E-state index is -1.27. The summed E-state index contributed by atoms with van der Waals surface area (Å²) in [6.45, 7) is 1.64. The first kappa shape index (κ1) is 16.3. The summed E-state index contributed by atoms with van der Waals surface area (Å²) in [5, 5.41) is 30.3. The lowest BCUT2D eigenvalue weighted by atomic mass is 9.91. The van der Waals surface area contributed by atoms with Crippen LogP contribution in [0.4, 0.5) is 0 Å². The Balaban J connectivity index is 2.02. The molecule has 132 valence electrons. The molecule has 2 aromatic rings. The predicted octanol–water partition coefficient (Wildman–Crippen LogP) is 3.58. The van der Waals surface area contributed by atoms with Gasteiger partial charge in [0.15, 0.2) is 17.6 Å². The second kappa shape index (κ2) is 5.40. The number of aromatic carboxylic acids is 1. The molecule has 2 aliphatic rings. The number of esters is 1. The number of hydrogen-bond acceptors (Lipinski definition) is 6. The molecule has 0 spiro atoms. The zero-order valence-corrected chi connectivity index (χ0v) is 14.0. The molecule has 0 radical (unpaired) electrons. The van der Waals surface area contributed by atoms with Crippen molar-refractivity contribution in [2.75, 3.05) is 0 Å². The standard InChI is InChI=1S/C18H11ClO7/c1-6-5-8(20)11-12(13(6)19)15-16(26-18(11)24)14(21)10-7(17(22)23)3-2-4-9(10)25-15/h2-5,15,20-21H,1H3,(H,22,23)/t15-/m0/s1. The Morgan fingerprint density at radius 3 is 2.65 bits per heavy atom. The zero-order valence-electron chi connectivity index (χ0n) is 13.2. The fraction of sp³-hybridized carbons (Fsp3) is 0.111. The number of aryl methyl sites for hydroxylation is 1. The summed E-state index contributed by atoms with van der Waals surface area (Å²) < 4.78 is 11.0. The Kier molecular flexibility index (Phi) is 3.38. The number of phenols is 1. The molecule has 3 N–H and O–H groups in total. The van der Waals surface area contributed by atoms with Crippen molar-refractivity contribution >= 4 is 29.3 Å². The molecular weight excluding hydrogens is 364 g/mol. The maximum atomic E-state index is 12.3. The molecule has 1 atom stereocenters. The van der Waals surface area contributed by atoms with Crippen molar-refractivity contribution < 1.29 is 34.4 Å². The van der Waals surface area contributed by atoms with E-state index in [9.17, 15) is 24.9 Å². The number of carboxylic acid groups (broad SMARTS) is 1. The Labute approximate surface area is 151 Å². The zero-order chi connectivity index (χ0) is 18.7. The summed E-state index contributed by atoms with van der Waals surface area (Å²) in [4.78, 5) is 23.8. The van der Waals surface area contributed by atoms with Gasteiger partial charge in [-0.25, -0.2) is 9.59 Å². The molecule has 0 aliphatic carbocycles. The number of ether oxygens (including phenoxy) is 2. The third-order valence-electron chi connectivity index (χ3n) is 4.34. The Morgan fingerprint density at radius 1 is 1.23 bits per heavy atom. The van der Waals surface area contributed by atoms with Crippen LogP contribution in [-0.2, 0) is 4.74 Å². The van der Waals surface area contributed by atoms with E-state index in [1.165, 1.54) is 24.3 Å². The van der Waals surface area contributed by atoms with Gasteiger partial charge >= 0.3 is 11.9 Å². The van der Waals surface area contributed by atoms with Crippen LogP contribution in [0.15, 0.2) is 30.0 Å². The minimum Gasteiger partial charge on any atom is -0.507 e. The average molecular weight is 375 g/mol. The van der Waals surface area contributed by atoms with Crippen LogP contribution in [0.3, 0.4) is 0 Å². The second-order valence-electron chi connectivity index (χ2n) is 5.90. The molecule has 0 fully saturated rings. The third-order valence-corrected chi connectivity index (χ3v) is 4.84. The first-order valence-corrected chi connectivity index (χ1v) is 7.89. The van der Waals surface area contributed by atoms with Crippen molar-refractivity contribution in [3.05, 3.63) is 62.9 Å². The van der Waals surface area contributed by atoms with E-state index in [4.69, 9.17) is 21.1 Å². The van der Waals surface area contributed by atoms with Crippen LogP contribution >= 0.6 is 11.6 Å². The molecule has 2 heterocycles. The lowest BCUT2D eigenvalue weighted by Crippen LogP contribution is -2.29. The number of aliphatic hydroxyl groups excluding tert-OH is 1. The van der Waals surface area contributed by atoms with Crippen molar-refractivity contribution in [3.8, 4) is 11.5 Å².